The van der Waals surface area contributed by atoms with Gasteiger partial charge in [-0.15, -0.1) is 0 Å². The number of hydrogen-bond donors (Lipinski definition) is 0. The molecule has 5 nitrogen and oxygen atoms in total. The Morgan fingerprint density at radius 1 is 0.339 bits per heavy atom. The SMILES string of the molecule is CC1(C)c2ccccc2-c2cc(-c3ccc4oc5cccc(-c6nc(-c7ccc(-c8ccccc8)cc7)nc(-c7ccc8c(c7)oc7ccccc78)n6)c5c4c3)ccc21. The zero-order chi connectivity index (χ0) is 39.2. The Morgan fingerprint density at radius 2 is 0.915 bits per heavy atom. The Labute approximate surface area is 340 Å². The number of benzene rings is 8. The molecule has 0 spiro atoms. The van der Waals surface area contributed by atoms with Crippen LogP contribution >= 0.6 is 0 Å². The van der Waals surface area contributed by atoms with Crippen molar-refractivity contribution < 1.29 is 8.83 Å². The molecule has 0 bridgehead atoms. The van der Waals surface area contributed by atoms with Gasteiger partial charge in [-0.05, 0) is 87.0 Å². The average molecular weight is 758 g/mol. The van der Waals surface area contributed by atoms with E-state index in [-0.39, 0.29) is 5.41 Å². The molecule has 59 heavy (non-hydrogen) atoms. The molecule has 3 heterocycles. The molecule has 0 atom stereocenters. The van der Waals surface area contributed by atoms with Crippen LogP contribution < -0.4 is 0 Å². The fourth-order valence-corrected chi connectivity index (χ4v) is 9.15. The van der Waals surface area contributed by atoms with Crippen LogP contribution in [-0.2, 0) is 5.41 Å². The lowest BCUT2D eigenvalue weighted by Crippen LogP contribution is -2.14. The Morgan fingerprint density at radius 3 is 1.80 bits per heavy atom. The first-order chi connectivity index (χ1) is 29.0. The summed E-state index contributed by atoms with van der Waals surface area (Å²) in [5.41, 5.74) is 15.7. The lowest BCUT2D eigenvalue weighted by atomic mass is 9.82. The molecule has 0 saturated heterocycles. The van der Waals surface area contributed by atoms with E-state index >= 15 is 0 Å². The van der Waals surface area contributed by atoms with Gasteiger partial charge in [0, 0.05) is 43.7 Å². The molecule has 0 aliphatic heterocycles. The van der Waals surface area contributed by atoms with Gasteiger partial charge in [0.05, 0.1) is 0 Å². The molecule has 0 unspecified atom stereocenters. The summed E-state index contributed by atoms with van der Waals surface area (Å²) >= 11 is 0. The van der Waals surface area contributed by atoms with Crippen molar-refractivity contribution in [3.05, 3.63) is 187 Å². The van der Waals surface area contributed by atoms with Gasteiger partial charge in [0.15, 0.2) is 17.5 Å². The Bertz CT molecular complexity index is 3470. The molecule has 0 radical (unpaired) electrons. The maximum atomic E-state index is 6.53. The first-order valence-corrected chi connectivity index (χ1v) is 20.0. The highest BCUT2D eigenvalue weighted by Gasteiger charge is 2.35. The average Bonchev–Trinajstić information content (AvgIpc) is 3.93. The van der Waals surface area contributed by atoms with Gasteiger partial charge in [-0.2, -0.15) is 0 Å². The number of para-hydroxylation sites is 1. The van der Waals surface area contributed by atoms with Crippen LogP contribution in [0.15, 0.2) is 185 Å². The fraction of sp³-hybridized carbons (Fsp3) is 0.0556. The molecule has 3 aromatic heterocycles. The van der Waals surface area contributed by atoms with E-state index in [1.165, 1.54) is 22.3 Å². The third kappa shape index (κ3) is 5.28. The lowest BCUT2D eigenvalue weighted by molar-refractivity contribution is 0.660. The first kappa shape index (κ1) is 33.5. The van der Waals surface area contributed by atoms with Gasteiger partial charge in [0.1, 0.15) is 22.3 Å². The number of nitrogens with zero attached hydrogens (tertiary/aromatic N) is 3. The highest BCUT2D eigenvalue weighted by Crippen LogP contribution is 2.50. The molecular weight excluding hydrogens is 723 g/mol. The monoisotopic (exact) mass is 757 g/mol. The summed E-state index contributed by atoms with van der Waals surface area (Å²) in [6.07, 6.45) is 0. The van der Waals surface area contributed by atoms with Gasteiger partial charge in [-0.25, -0.2) is 15.0 Å². The van der Waals surface area contributed by atoms with Crippen molar-refractivity contribution in [2.75, 3.05) is 0 Å². The highest BCUT2D eigenvalue weighted by atomic mass is 16.3. The number of furan rings is 2. The van der Waals surface area contributed by atoms with Gasteiger partial charge < -0.3 is 8.83 Å². The molecule has 0 amide bonds. The largest absolute Gasteiger partial charge is 0.456 e. The molecule has 0 saturated carbocycles. The van der Waals surface area contributed by atoms with E-state index < -0.39 is 0 Å². The van der Waals surface area contributed by atoms with Crippen molar-refractivity contribution in [3.8, 4) is 67.5 Å². The summed E-state index contributed by atoms with van der Waals surface area (Å²) in [6, 6.07) is 61.4. The van der Waals surface area contributed by atoms with Crippen LogP contribution in [0.1, 0.15) is 25.0 Å². The quantitative estimate of drug-likeness (QED) is 0.175. The molecular formula is C54H35N3O2. The van der Waals surface area contributed by atoms with Crippen molar-refractivity contribution in [1.29, 1.82) is 0 Å². The number of fused-ring (bicyclic) bond motifs is 9. The summed E-state index contributed by atoms with van der Waals surface area (Å²) in [5.74, 6) is 1.71. The molecule has 1 aliphatic carbocycles. The molecule has 278 valence electrons. The number of hydrogen-bond acceptors (Lipinski definition) is 5. The lowest BCUT2D eigenvalue weighted by Gasteiger charge is -2.21. The zero-order valence-corrected chi connectivity index (χ0v) is 32.4. The zero-order valence-electron chi connectivity index (χ0n) is 32.4. The predicted octanol–water partition coefficient (Wildman–Crippen LogP) is 14.3. The summed E-state index contributed by atoms with van der Waals surface area (Å²) in [5, 5.41) is 4.11. The van der Waals surface area contributed by atoms with Crippen LogP contribution in [0.4, 0.5) is 0 Å². The molecule has 8 aromatic carbocycles. The minimum atomic E-state index is -0.0475. The Hall–Kier alpha value is -7.63. The fourth-order valence-electron chi connectivity index (χ4n) is 9.15. The van der Waals surface area contributed by atoms with Crippen molar-refractivity contribution in [3.63, 3.8) is 0 Å². The van der Waals surface area contributed by atoms with E-state index in [1.54, 1.807) is 0 Å². The van der Waals surface area contributed by atoms with Crippen LogP contribution in [0.2, 0.25) is 0 Å². The van der Waals surface area contributed by atoms with Crippen LogP contribution in [0.5, 0.6) is 0 Å². The van der Waals surface area contributed by atoms with E-state index in [0.29, 0.717) is 17.5 Å². The molecule has 1 aliphatic rings. The van der Waals surface area contributed by atoms with Crippen LogP contribution in [0, 0.1) is 0 Å². The minimum absolute atomic E-state index is 0.0475. The van der Waals surface area contributed by atoms with Crippen molar-refractivity contribution >= 4 is 43.9 Å². The maximum Gasteiger partial charge on any atom is 0.164 e. The van der Waals surface area contributed by atoms with Crippen molar-refractivity contribution in [1.82, 2.24) is 15.0 Å². The van der Waals surface area contributed by atoms with Crippen LogP contribution in [0.3, 0.4) is 0 Å². The Balaban J connectivity index is 1.03. The third-order valence-electron chi connectivity index (χ3n) is 12.2. The topological polar surface area (TPSA) is 65.0 Å². The van der Waals surface area contributed by atoms with Gasteiger partial charge in [-0.1, -0.05) is 147 Å². The van der Waals surface area contributed by atoms with Gasteiger partial charge >= 0.3 is 0 Å². The number of aromatic nitrogens is 3. The van der Waals surface area contributed by atoms with Gasteiger partial charge in [0.25, 0.3) is 0 Å². The van der Waals surface area contributed by atoms with Crippen LogP contribution in [-0.4, -0.2) is 15.0 Å². The molecule has 11 aromatic rings. The second-order valence-electron chi connectivity index (χ2n) is 16.0. The predicted molar refractivity (Wildman–Crippen MR) is 239 cm³/mol. The summed E-state index contributed by atoms with van der Waals surface area (Å²) in [6.45, 7) is 4.63. The second-order valence-corrected chi connectivity index (χ2v) is 16.0. The minimum Gasteiger partial charge on any atom is -0.456 e. The summed E-state index contributed by atoms with van der Waals surface area (Å²) < 4.78 is 12.8. The summed E-state index contributed by atoms with van der Waals surface area (Å²) in [4.78, 5) is 15.5. The normalized spacial score (nSPS) is 13.1. The second kappa shape index (κ2) is 12.7. The van der Waals surface area contributed by atoms with E-state index in [0.717, 1.165) is 82.8 Å². The highest BCUT2D eigenvalue weighted by molar-refractivity contribution is 6.13. The molecule has 0 fully saturated rings. The van der Waals surface area contributed by atoms with Crippen LogP contribution in [0.25, 0.3) is 111 Å². The smallest absolute Gasteiger partial charge is 0.164 e. The third-order valence-corrected chi connectivity index (χ3v) is 12.2. The number of rotatable bonds is 5. The molecule has 5 heteroatoms. The molecule has 0 N–H and O–H groups in total. The first-order valence-electron chi connectivity index (χ1n) is 20.0. The van der Waals surface area contributed by atoms with E-state index in [2.05, 4.69) is 147 Å². The summed E-state index contributed by atoms with van der Waals surface area (Å²) in [7, 11) is 0. The van der Waals surface area contributed by atoms with Crippen molar-refractivity contribution in [2.45, 2.75) is 19.3 Å². The standard InChI is InChI=1S/C54H35N3O2/c1-54(2)44-16-8-6-13-38(44)42-29-35(24-27-45(42)54)36-25-28-47-43(30-36)50-41(15-10-18-48(50)58-47)53-56-51(34-21-19-33(20-22-34)32-11-4-3-5-12-32)55-52(57-53)37-23-26-40-39-14-7-9-17-46(39)59-49(40)31-37/h3-31H,1-2H3. The Kier molecular flexibility index (Phi) is 7.20. The van der Waals surface area contributed by atoms with Crippen molar-refractivity contribution in [2.24, 2.45) is 0 Å². The maximum absolute atomic E-state index is 6.53. The molecule has 12 rings (SSSR count). The van der Waals surface area contributed by atoms with Gasteiger partial charge in [-0.3, -0.25) is 0 Å². The van der Waals surface area contributed by atoms with E-state index in [1.807, 2.05) is 42.5 Å². The van der Waals surface area contributed by atoms with E-state index in [4.69, 9.17) is 23.8 Å². The van der Waals surface area contributed by atoms with E-state index in [9.17, 15) is 0 Å². The van der Waals surface area contributed by atoms with Gasteiger partial charge in [0.2, 0.25) is 0 Å².